The molecule has 1 N–H and O–H groups in total. The number of benzene rings is 2. The van der Waals surface area contributed by atoms with Gasteiger partial charge in [0.1, 0.15) is 5.75 Å². The van der Waals surface area contributed by atoms with Gasteiger partial charge in [-0.05, 0) is 36.6 Å². The lowest BCUT2D eigenvalue weighted by molar-refractivity contribution is -0.123. The van der Waals surface area contributed by atoms with Crippen LogP contribution in [0, 0.1) is 5.92 Å². The lowest BCUT2D eigenvalue weighted by Gasteiger charge is -2.18. The third-order valence-electron chi connectivity index (χ3n) is 4.11. The van der Waals surface area contributed by atoms with E-state index in [0.717, 1.165) is 25.3 Å². The smallest absolute Gasteiger partial charge is 0.257 e. The average Bonchev–Trinajstić information content (AvgIpc) is 3.09. The predicted octanol–water partition coefficient (Wildman–Crippen LogP) is 2.71. The quantitative estimate of drug-likeness (QED) is 0.892. The van der Waals surface area contributed by atoms with Gasteiger partial charge >= 0.3 is 0 Å². The van der Waals surface area contributed by atoms with Crippen molar-refractivity contribution in [3.63, 3.8) is 0 Å². The van der Waals surface area contributed by atoms with Gasteiger partial charge in [-0.2, -0.15) is 0 Å². The van der Waals surface area contributed by atoms with Crippen LogP contribution in [0.2, 0.25) is 0 Å². The van der Waals surface area contributed by atoms with E-state index in [4.69, 9.17) is 4.74 Å². The number of ether oxygens (including phenoxy) is 1. The lowest BCUT2D eigenvalue weighted by Crippen LogP contribution is -2.34. The summed E-state index contributed by atoms with van der Waals surface area (Å²) in [6, 6.07) is 19.8. The molecule has 1 unspecified atom stereocenters. The zero-order chi connectivity index (χ0) is 15.9. The zero-order valence-corrected chi connectivity index (χ0v) is 13.2. The van der Waals surface area contributed by atoms with E-state index >= 15 is 0 Å². The van der Waals surface area contributed by atoms with Gasteiger partial charge in [-0.3, -0.25) is 4.79 Å². The molecule has 0 saturated carbocycles. The fourth-order valence-electron chi connectivity index (χ4n) is 2.85. The van der Waals surface area contributed by atoms with Crippen molar-refractivity contribution in [1.82, 2.24) is 5.32 Å². The van der Waals surface area contributed by atoms with Crippen LogP contribution in [0.3, 0.4) is 0 Å². The number of nitrogens with zero attached hydrogens (tertiary/aromatic N) is 1. The van der Waals surface area contributed by atoms with Crippen molar-refractivity contribution in [2.75, 3.05) is 31.1 Å². The second-order valence-corrected chi connectivity index (χ2v) is 5.84. The Kier molecular flexibility index (Phi) is 5.14. The highest BCUT2D eigenvalue weighted by atomic mass is 16.5. The predicted molar refractivity (Wildman–Crippen MR) is 91.7 cm³/mol. The van der Waals surface area contributed by atoms with Gasteiger partial charge in [0.15, 0.2) is 6.61 Å². The molecule has 0 aromatic heterocycles. The first kappa shape index (κ1) is 15.4. The maximum atomic E-state index is 11.9. The Labute approximate surface area is 137 Å². The highest BCUT2D eigenvalue weighted by Crippen LogP contribution is 2.22. The van der Waals surface area contributed by atoms with E-state index in [1.807, 2.05) is 36.4 Å². The van der Waals surface area contributed by atoms with Gasteiger partial charge in [-0.15, -0.1) is 0 Å². The number of carbonyl (C=O) groups is 1. The molecule has 4 nitrogen and oxygen atoms in total. The maximum Gasteiger partial charge on any atom is 0.257 e. The summed E-state index contributed by atoms with van der Waals surface area (Å²) in [7, 11) is 0. The van der Waals surface area contributed by atoms with Crippen LogP contribution in [0.25, 0.3) is 0 Å². The van der Waals surface area contributed by atoms with Crippen molar-refractivity contribution in [3.8, 4) is 5.75 Å². The van der Waals surface area contributed by atoms with E-state index in [1.54, 1.807) is 0 Å². The van der Waals surface area contributed by atoms with Crippen LogP contribution in [0.15, 0.2) is 60.7 Å². The molecule has 1 fully saturated rings. The molecule has 1 amide bonds. The number of hydrogen-bond donors (Lipinski definition) is 1. The van der Waals surface area contributed by atoms with Crippen molar-refractivity contribution in [1.29, 1.82) is 0 Å². The molecule has 1 aliphatic rings. The lowest BCUT2D eigenvalue weighted by atomic mass is 10.1. The summed E-state index contributed by atoms with van der Waals surface area (Å²) in [6.45, 7) is 2.81. The Morgan fingerprint density at radius 2 is 1.78 bits per heavy atom. The SMILES string of the molecule is O=C(COc1ccccc1)NCC1CCN(c2ccccc2)C1. The van der Waals surface area contributed by atoms with E-state index in [0.29, 0.717) is 12.5 Å². The number of hydrogen-bond acceptors (Lipinski definition) is 3. The molecule has 2 aromatic rings. The number of para-hydroxylation sites is 2. The Balaban J connectivity index is 1.38. The molecule has 0 bridgehead atoms. The normalized spacial score (nSPS) is 17.0. The largest absolute Gasteiger partial charge is 0.484 e. The Morgan fingerprint density at radius 1 is 1.09 bits per heavy atom. The van der Waals surface area contributed by atoms with Crippen LogP contribution in [-0.4, -0.2) is 32.1 Å². The van der Waals surface area contributed by atoms with Gasteiger partial charge in [0.2, 0.25) is 0 Å². The first-order chi connectivity index (χ1) is 11.3. The topological polar surface area (TPSA) is 41.6 Å². The molecule has 1 heterocycles. The summed E-state index contributed by atoms with van der Waals surface area (Å²) >= 11 is 0. The highest BCUT2D eigenvalue weighted by molar-refractivity contribution is 5.77. The molecule has 1 aliphatic heterocycles. The van der Waals surface area contributed by atoms with Crippen LogP contribution >= 0.6 is 0 Å². The van der Waals surface area contributed by atoms with Crippen molar-refractivity contribution in [2.24, 2.45) is 5.92 Å². The summed E-state index contributed by atoms with van der Waals surface area (Å²) in [5.41, 5.74) is 1.26. The first-order valence-electron chi connectivity index (χ1n) is 8.06. The number of nitrogens with one attached hydrogen (secondary N) is 1. The monoisotopic (exact) mass is 310 g/mol. The van der Waals surface area contributed by atoms with Gasteiger partial charge in [0.05, 0.1) is 0 Å². The molecule has 1 saturated heterocycles. The maximum absolute atomic E-state index is 11.9. The molecule has 0 radical (unpaired) electrons. The molecule has 23 heavy (non-hydrogen) atoms. The van der Waals surface area contributed by atoms with Gasteiger partial charge in [0.25, 0.3) is 5.91 Å². The Bertz CT molecular complexity index is 616. The summed E-state index contributed by atoms with van der Waals surface area (Å²) < 4.78 is 5.45. The first-order valence-corrected chi connectivity index (χ1v) is 8.06. The van der Waals surface area contributed by atoms with E-state index in [1.165, 1.54) is 5.69 Å². The fourth-order valence-corrected chi connectivity index (χ4v) is 2.85. The van der Waals surface area contributed by atoms with Crippen LogP contribution in [0.4, 0.5) is 5.69 Å². The van der Waals surface area contributed by atoms with Crippen molar-refractivity contribution < 1.29 is 9.53 Å². The van der Waals surface area contributed by atoms with Crippen LogP contribution in [0.1, 0.15) is 6.42 Å². The summed E-state index contributed by atoms with van der Waals surface area (Å²) in [4.78, 5) is 14.2. The number of carbonyl (C=O) groups excluding carboxylic acids is 1. The molecular formula is C19H22N2O2. The van der Waals surface area contributed by atoms with Crippen LogP contribution in [-0.2, 0) is 4.79 Å². The zero-order valence-electron chi connectivity index (χ0n) is 13.2. The minimum Gasteiger partial charge on any atom is -0.484 e. The van der Waals surface area contributed by atoms with Gasteiger partial charge < -0.3 is 15.0 Å². The number of anilines is 1. The molecular weight excluding hydrogens is 288 g/mol. The van der Waals surface area contributed by atoms with E-state index in [2.05, 4.69) is 34.5 Å². The van der Waals surface area contributed by atoms with Crippen molar-refractivity contribution in [2.45, 2.75) is 6.42 Å². The molecule has 120 valence electrons. The average molecular weight is 310 g/mol. The minimum atomic E-state index is -0.0629. The van der Waals surface area contributed by atoms with Gasteiger partial charge in [-0.1, -0.05) is 36.4 Å². The molecule has 2 aromatic carbocycles. The second-order valence-electron chi connectivity index (χ2n) is 5.84. The second kappa shape index (κ2) is 7.68. The minimum absolute atomic E-state index is 0.0629. The number of rotatable bonds is 6. The van der Waals surface area contributed by atoms with Gasteiger partial charge in [0, 0.05) is 25.3 Å². The van der Waals surface area contributed by atoms with Crippen LogP contribution in [0.5, 0.6) is 5.75 Å². The Hall–Kier alpha value is -2.49. The van der Waals surface area contributed by atoms with E-state index < -0.39 is 0 Å². The van der Waals surface area contributed by atoms with Crippen molar-refractivity contribution >= 4 is 11.6 Å². The Morgan fingerprint density at radius 3 is 2.52 bits per heavy atom. The molecule has 3 rings (SSSR count). The summed E-state index contributed by atoms with van der Waals surface area (Å²) in [5, 5.41) is 2.98. The molecule has 1 atom stereocenters. The summed E-state index contributed by atoms with van der Waals surface area (Å²) in [6.07, 6.45) is 1.11. The van der Waals surface area contributed by atoms with Crippen LogP contribution < -0.4 is 15.0 Å². The molecule has 4 heteroatoms. The van der Waals surface area contributed by atoms with Crippen molar-refractivity contribution in [3.05, 3.63) is 60.7 Å². The fraction of sp³-hybridized carbons (Fsp3) is 0.316. The van der Waals surface area contributed by atoms with E-state index in [-0.39, 0.29) is 12.5 Å². The third kappa shape index (κ3) is 4.49. The van der Waals surface area contributed by atoms with E-state index in [9.17, 15) is 4.79 Å². The molecule has 0 aliphatic carbocycles. The standard InChI is InChI=1S/C19H22N2O2/c22-19(15-23-18-9-5-2-6-10-18)20-13-16-11-12-21(14-16)17-7-3-1-4-8-17/h1-10,16H,11-15H2,(H,20,22). The summed E-state index contributed by atoms with van der Waals surface area (Å²) in [5.74, 6) is 1.15. The molecule has 0 spiro atoms. The van der Waals surface area contributed by atoms with Gasteiger partial charge in [-0.25, -0.2) is 0 Å². The number of amides is 1. The third-order valence-corrected chi connectivity index (χ3v) is 4.11. The highest BCUT2D eigenvalue weighted by Gasteiger charge is 2.22.